The van der Waals surface area contributed by atoms with Crippen LogP contribution >= 0.6 is 7.82 Å². The van der Waals surface area contributed by atoms with Crippen LogP contribution in [0.1, 0.15) is 57.2 Å². The molecule has 15 heteroatoms. The monoisotopic (exact) mass is 601 g/mol. The second kappa shape index (κ2) is 15.0. The molecule has 2 aromatic heterocycles. The van der Waals surface area contributed by atoms with Crippen molar-refractivity contribution < 1.29 is 33.2 Å². The van der Waals surface area contributed by atoms with Gasteiger partial charge in [0.05, 0.1) is 12.5 Å². The Labute approximate surface area is 243 Å². The molecule has 1 fully saturated rings. The number of hydrogen-bond donors (Lipinski definition) is 4. The number of nitrogens with one attached hydrogen (secondary N) is 1. The number of benzene rings is 1. The van der Waals surface area contributed by atoms with Crippen LogP contribution in [0.3, 0.4) is 0 Å². The highest BCUT2D eigenvalue weighted by atomic mass is 31.2. The van der Waals surface area contributed by atoms with Crippen molar-refractivity contribution in [3.63, 3.8) is 0 Å². The summed E-state index contributed by atoms with van der Waals surface area (Å²) >= 11 is 0. The molecule has 1 aliphatic heterocycles. The molecule has 3 aromatic rings. The predicted molar refractivity (Wildman–Crippen MR) is 156 cm³/mol. The van der Waals surface area contributed by atoms with E-state index < -0.39 is 32.2 Å². The first-order valence-corrected chi connectivity index (χ1v) is 15.3. The van der Waals surface area contributed by atoms with Gasteiger partial charge >= 0.3 is 7.82 Å². The molecule has 5 N–H and O–H groups in total. The standard InChI is InChI=1S/C27H36N7O7P/c1-2-3-4-6-11-20(12-19-9-7-5-8-10-19)14-33-39-16-23(35)29-15-22-21(41-42(36,37)38)13-24(40-22)34-18-32-25-26(28)30-17-31-27(25)34/h5,7-10,12,14,17-18,21-22,24H,2-4,6,11,13,15-16H2,1H3,(H,29,35)(H2,28,30,31)(H2,36,37,38)/t21-,22+,24+/m0/s1. The molecule has 4 rings (SSSR count). The Morgan fingerprint density at radius 3 is 2.81 bits per heavy atom. The number of hydrogen-bond acceptors (Lipinski definition) is 10. The number of aromatic nitrogens is 4. The van der Waals surface area contributed by atoms with E-state index in [1.807, 2.05) is 36.4 Å². The molecule has 226 valence electrons. The van der Waals surface area contributed by atoms with Crippen molar-refractivity contribution in [2.24, 2.45) is 5.16 Å². The Kier molecular flexibility index (Phi) is 11.2. The molecule has 0 radical (unpaired) electrons. The van der Waals surface area contributed by atoms with Crippen LogP contribution in [0.4, 0.5) is 5.82 Å². The van der Waals surface area contributed by atoms with Crippen LogP contribution in [0, 0.1) is 0 Å². The summed E-state index contributed by atoms with van der Waals surface area (Å²) in [5.41, 5.74) is 8.65. The van der Waals surface area contributed by atoms with Gasteiger partial charge in [-0.05, 0) is 24.0 Å². The van der Waals surface area contributed by atoms with E-state index in [1.165, 1.54) is 19.1 Å². The molecule has 14 nitrogen and oxygen atoms in total. The molecule has 1 aromatic carbocycles. The first kappa shape index (κ1) is 31.3. The molecule has 1 saturated heterocycles. The van der Waals surface area contributed by atoms with Gasteiger partial charge in [0.25, 0.3) is 5.91 Å². The lowest BCUT2D eigenvalue weighted by Gasteiger charge is -2.19. The number of imidazole rings is 1. The number of nitrogen functional groups attached to an aromatic ring is 1. The molecule has 0 unspecified atom stereocenters. The lowest BCUT2D eigenvalue weighted by Crippen LogP contribution is -2.39. The number of oxime groups is 1. The van der Waals surface area contributed by atoms with Crippen LogP contribution in [-0.2, 0) is 23.5 Å². The van der Waals surface area contributed by atoms with E-state index in [-0.39, 0.29) is 25.4 Å². The van der Waals surface area contributed by atoms with Crippen molar-refractivity contribution in [1.82, 2.24) is 24.8 Å². The van der Waals surface area contributed by atoms with Crippen LogP contribution in [0.15, 0.2) is 53.7 Å². The lowest BCUT2D eigenvalue weighted by atomic mass is 10.0. The third-order valence-corrected chi connectivity index (χ3v) is 7.16. The zero-order valence-electron chi connectivity index (χ0n) is 23.3. The van der Waals surface area contributed by atoms with Crippen molar-refractivity contribution in [2.45, 2.75) is 63.9 Å². The second-order valence-electron chi connectivity index (χ2n) is 9.83. The van der Waals surface area contributed by atoms with E-state index in [0.717, 1.165) is 36.8 Å². The zero-order valence-corrected chi connectivity index (χ0v) is 24.2. The van der Waals surface area contributed by atoms with E-state index in [2.05, 4.69) is 32.3 Å². The van der Waals surface area contributed by atoms with Gasteiger partial charge in [-0.1, -0.05) is 67.7 Å². The van der Waals surface area contributed by atoms with Gasteiger partial charge in [-0.15, -0.1) is 0 Å². The Bertz CT molecular complexity index is 1430. The Morgan fingerprint density at radius 1 is 1.24 bits per heavy atom. The minimum Gasteiger partial charge on any atom is -0.386 e. The summed E-state index contributed by atoms with van der Waals surface area (Å²) < 4.78 is 24.1. The van der Waals surface area contributed by atoms with Crippen molar-refractivity contribution in [3.8, 4) is 0 Å². The number of phosphoric acid groups is 1. The first-order chi connectivity index (χ1) is 20.2. The summed E-state index contributed by atoms with van der Waals surface area (Å²) in [6.45, 7) is 1.72. The Hall–Kier alpha value is -3.68. The number of carbonyl (C=O) groups excluding carboxylic acids is 1. The number of fused-ring (bicyclic) bond motifs is 1. The van der Waals surface area contributed by atoms with Crippen molar-refractivity contribution >= 4 is 43.0 Å². The third-order valence-electron chi connectivity index (χ3n) is 6.61. The smallest absolute Gasteiger partial charge is 0.386 e. The SMILES string of the molecule is CCCCCCC(C=NOCC(=O)NC[C@H]1O[C@@H](n2cnc3c(N)ncnc32)C[C@@H]1OP(=O)(O)O)=Cc1ccccc1. The fourth-order valence-corrected chi connectivity index (χ4v) is 5.16. The summed E-state index contributed by atoms with van der Waals surface area (Å²) in [5, 5.41) is 6.63. The minimum absolute atomic E-state index is 0.0661. The summed E-state index contributed by atoms with van der Waals surface area (Å²) in [5.74, 6) is -0.301. The maximum atomic E-state index is 12.5. The molecule has 3 atom stereocenters. The fourth-order valence-electron chi connectivity index (χ4n) is 4.58. The van der Waals surface area contributed by atoms with Crippen LogP contribution in [0.2, 0.25) is 0 Å². The molecule has 0 aliphatic carbocycles. The molecule has 3 heterocycles. The Balaban J connectivity index is 1.32. The van der Waals surface area contributed by atoms with Gasteiger partial charge in [-0.3, -0.25) is 13.9 Å². The van der Waals surface area contributed by atoms with E-state index in [0.29, 0.717) is 11.2 Å². The summed E-state index contributed by atoms with van der Waals surface area (Å²) in [4.78, 5) is 48.8. The molecule has 42 heavy (non-hydrogen) atoms. The van der Waals surface area contributed by atoms with E-state index in [1.54, 1.807) is 10.8 Å². The van der Waals surface area contributed by atoms with Crippen LogP contribution in [-0.4, -0.2) is 66.8 Å². The number of ether oxygens (including phenoxy) is 1. The van der Waals surface area contributed by atoms with Gasteiger partial charge in [0.2, 0.25) is 0 Å². The van der Waals surface area contributed by atoms with Crippen molar-refractivity contribution in [2.75, 3.05) is 18.9 Å². The summed E-state index contributed by atoms with van der Waals surface area (Å²) in [6, 6.07) is 9.89. The molecular weight excluding hydrogens is 565 g/mol. The van der Waals surface area contributed by atoms with Gasteiger partial charge in [-0.25, -0.2) is 19.5 Å². The van der Waals surface area contributed by atoms with Gasteiger partial charge in [-0.2, -0.15) is 0 Å². The first-order valence-electron chi connectivity index (χ1n) is 13.7. The highest BCUT2D eigenvalue weighted by Gasteiger charge is 2.41. The number of phosphoric ester groups is 1. The van der Waals surface area contributed by atoms with Crippen molar-refractivity contribution in [3.05, 3.63) is 54.1 Å². The topological polar surface area (TPSA) is 196 Å². The van der Waals surface area contributed by atoms with E-state index >= 15 is 0 Å². The van der Waals surface area contributed by atoms with E-state index in [4.69, 9.17) is 19.8 Å². The summed E-state index contributed by atoms with van der Waals surface area (Å²) in [6.07, 6.45) is 9.11. The quantitative estimate of drug-likeness (QED) is 0.0863. The van der Waals surface area contributed by atoms with Crippen LogP contribution in [0.25, 0.3) is 17.2 Å². The highest BCUT2D eigenvalue weighted by molar-refractivity contribution is 7.46. The Morgan fingerprint density at radius 2 is 2.05 bits per heavy atom. The zero-order chi connectivity index (χ0) is 30.0. The number of rotatable bonds is 15. The maximum Gasteiger partial charge on any atom is 0.469 e. The number of carbonyl (C=O) groups is 1. The number of allylic oxidation sites excluding steroid dienone is 1. The van der Waals surface area contributed by atoms with Gasteiger partial charge < -0.3 is 30.4 Å². The van der Waals surface area contributed by atoms with Crippen LogP contribution in [0.5, 0.6) is 0 Å². The molecule has 0 spiro atoms. The largest absolute Gasteiger partial charge is 0.469 e. The maximum absolute atomic E-state index is 12.5. The normalized spacial score (nSPS) is 19.5. The average molecular weight is 602 g/mol. The molecule has 1 amide bonds. The number of anilines is 1. The van der Waals surface area contributed by atoms with Gasteiger partial charge in [0.1, 0.15) is 30.3 Å². The molecular formula is C27H36N7O7P. The number of amides is 1. The minimum atomic E-state index is -4.84. The predicted octanol–water partition coefficient (Wildman–Crippen LogP) is 3.35. The van der Waals surface area contributed by atoms with E-state index in [9.17, 15) is 19.1 Å². The fraction of sp³-hybridized carbons (Fsp3) is 0.444. The average Bonchev–Trinajstić information content (AvgIpc) is 3.56. The van der Waals surface area contributed by atoms with Gasteiger partial charge in [0.15, 0.2) is 18.1 Å². The molecule has 1 aliphatic rings. The second-order valence-corrected chi connectivity index (χ2v) is 11.0. The molecule has 0 saturated carbocycles. The number of nitrogens with zero attached hydrogens (tertiary/aromatic N) is 5. The van der Waals surface area contributed by atoms with Crippen LogP contribution < -0.4 is 11.1 Å². The molecule has 0 bridgehead atoms. The number of unbranched alkanes of at least 4 members (excludes halogenated alkanes) is 3. The number of nitrogens with two attached hydrogens (primary N) is 1. The third kappa shape index (κ3) is 9.16. The lowest BCUT2D eigenvalue weighted by molar-refractivity contribution is -0.126. The van der Waals surface area contributed by atoms with Crippen molar-refractivity contribution in [1.29, 1.82) is 0 Å². The highest BCUT2D eigenvalue weighted by Crippen LogP contribution is 2.44. The summed E-state index contributed by atoms with van der Waals surface area (Å²) in [7, 11) is -4.84. The van der Waals surface area contributed by atoms with Gasteiger partial charge in [0, 0.05) is 13.0 Å².